The van der Waals surface area contributed by atoms with Gasteiger partial charge in [0.05, 0.1) is 5.56 Å². The van der Waals surface area contributed by atoms with E-state index in [0.29, 0.717) is 22.0 Å². The molecule has 1 aromatic heterocycles. The van der Waals surface area contributed by atoms with Gasteiger partial charge in [-0.05, 0) is 59.8 Å². The lowest BCUT2D eigenvalue weighted by molar-refractivity contribution is 0.0697. The summed E-state index contributed by atoms with van der Waals surface area (Å²) in [4.78, 5) is 12.3. The van der Waals surface area contributed by atoms with Crippen LogP contribution in [0.4, 0.5) is 0 Å². The molecular weight excluding hydrogens is 339 g/mol. The van der Waals surface area contributed by atoms with Gasteiger partial charge >= 0.3 is 5.97 Å². The first-order chi connectivity index (χ1) is 10.5. The van der Waals surface area contributed by atoms with Crippen LogP contribution >= 0.6 is 34.5 Å². The molecule has 0 radical (unpaired) electrons. The summed E-state index contributed by atoms with van der Waals surface area (Å²) >= 11 is 14.0. The summed E-state index contributed by atoms with van der Waals surface area (Å²) in [5, 5.41) is 11.5. The molecule has 22 heavy (non-hydrogen) atoms. The molecule has 5 heteroatoms. The summed E-state index contributed by atoms with van der Waals surface area (Å²) in [6.07, 6.45) is 0.633. The summed E-state index contributed by atoms with van der Waals surface area (Å²) in [5.74, 6) is -0.919. The minimum Gasteiger partial charge on any atom is -0.478 e. The first kappa shape index (κ1) is 15.3. The van der Waals surface area contributed by atoms with Crippen molar-refractivity contribution in [3.05, 3.63) is 68.0 Å². The maximum atomic E-state index is 11.2. The summed E-state index contributed by atoms with van der Waals surface area (Å²) in [6.45, 7) is 2.04. The molecule has 0 saturated carbocycles. The van der Waals surface area contributed by atoms with Crippen molar-refractivity contribution < 1.29 is 9.90 Å². The van der Waals surface area contributed by atoms with Crippen molar-refractivity contribution in [3.8, 4) is 0 Å². The van der Waals surface area contributed by atoms with E-state index in [9.17, 15) is 9.90 Å². The number of aryl methyl sites for hydroxylation is 1. The van der Waals surface area contributed by atoms with E-state index >= 15 is 0 Å². The van der Waals surface area contributed by atoms with Gasteiger partial charge in [-0.15, -0.1) is 11.3 Å². The highest BCUT2D eigenvalue weighted by Gasteiger charge is 2.14. The Kier molecular flexibility index (Phi) is 4.13. The van der Waals surface area contributed by atoms with Gasteiger partial charge < -0.3 is 5.11 Å². The highest BCUT2D eigenvalue weighted by molar-refractivity contribution is 7.19. The third kappa shape index (κ3) is 2.84. The van der Waals surface area contributed by atoms with E-state index in [-0.39, 0.29) is 0 Å². The SMILES string of the molecule is Cc1sc2ccc(C(=O)O)cc2c1Cc1cc(Cl)ccc1Cl. The fourth-order valence-electron chi connectivity index (χ4n) is 2.49. The van der Waals surface area contributed by atoms with Gasteiger partial charge in [0.15, 0.2) is 0 Å². The molecule has 0 unspecified atom stereocenters. The molecule has 112 valence electrons. The van der Waals surface area contributed by atoms with Crippen molar-refractivity contribution in [2.24, 2.45) is 0 Å². The molecule has 0 amide bonds. The number of hydrogen-bond donors (Lipinski definition) is 1. The van der Waals surface area contributed by atoms with Crippen molar-refractivity contribution in [1.82, 2.24) is 0 Å². The van der Waals surface area contributed by atoms with Crippen molar-refractivity contribution in [2.45, 2.75) is 13.3 Å². The minimum atomic E-state index is -0.919. The number of thiophene rings is 1. The monoisotopic (exact) mass is 350 g/mol. The Bertz CT molecular complexity index is 884. The summed E-state index contributed by atoms with van der Waals surface area (Å²) < 4.78 is 1.08. The smallest absolute Gasteiger partial charge is 0.335 e. The quantitative estimate of drug-likeness (QED) is 0.647. The lowest BCUT2D eigenvalue weighted by Gasteiger charge is -2.06. The summed E-state index contributed by atoms with van der Waals surface area (Å²) in [5.41, 5.74) is 2.34. The molecule has 0 aliphatic heterocycles. The van der Waals surface area contributed by atoms with Crippen LogP contribution in [0.5, 0.6) is 0 Å². The second-order valence-corrected chi connectivity index (χ2v) is 7.17. The van der Waals surface area contributed by atoms with E-state index in [1.165, 1.54) is 0 Å². The van der Waals surface area contributed by atoms with Crippen molar-refractivity contribution >= 4 is 50.6 Å². The second-order valence-electron chi connectivity index (χ2n) is 5.07. The maximum absolute atomic E-state index is 11.2. The normalized spacial score (nSPS) is 11.0. The largest absolute Gasteiger partial charge is 0.478 e. The first-order valence-electron chi connectivity index (χ1n) is 6.65. The van der Waals surface area contributed by atoms with Crippen molar-refractivity contribution in [1.29, 1.82) is 0 Å². The van der Waals surface area contributed by atoms with Gasteiger partial charge in [-0.1, -0.05) is 23.2 Å². The Morgan fingerprint density at radius 2 is 1.95 bits per heavy atom. The highest BCUT2D eigenvalue weighted by Crippen LogP contribution is 2.34. The van der Waals surface area contributed by atoms with E-state index < -0.39 is 5.97 Å². The fourth-order valence-corrected chi connectivity index (χ4v) is 3.94. The van der Waals surface area contributed by atoms with E-state index in [1.807, 2.05) is 19.1 Å². The molecule has 0 aliphatic rings. The van der Waals surface area contributed by atoms with Crippen LogP contribution in [0.1, 0.15) is 26.4 Å². The Morgan fingerprint density at radius 1 is 1.18 bits per heavy atom. The third-order valence-electron chi connectivity index (χ3n) is 3.61. The van der Waals surface area contributed by atoms with E-state index in [1.54, 1.807) is 35.6 Å². The molecule has 2 aromatic carbocycles. The van der Waals surface area contributed by atoms with E-state index in [4.69, 9.17) is 23.2 Å². The Balaban J connectivity index is 2.13. The number of carboxylic acid groups (broad SMARTS) is 1. The van der Waals surface area contributed by atoms with Crippen molar-refractivity contribution in [3.63, 3.8) is 0 Å². The van der Waals surface area contributed by atoms with Gasteiger partial charge in [-0.3, -0.25) is 0 Å². The molecule has 0 aliphatic carbocycles. The topological polar surface area (TPSA) is 37.3 Å². The molecule has 0 fully saturated rings. The fraction of sp³-hybridized carbons (Fsp3) is 0.118. The Hall–Kier alpha value is -1.55. The molecule has 3 aromatic rings. The summed E-state index contributed by atoms with van der Waals surface area (Å²) in [7, 11) is 0. The first-order valence-corrected chi connectivity index (χ1v) is 8.22. The van der Waals surface area contributed by atoms with Crippen molar-refractivity contribution in [2.75, 3.05) is 0 Å². The number of rotatable bonds is 3. The number of fused-ring (bicyclic) bond motifs is 1. The van der Waals surface area contributed by atoms with Crippen LogP contribution in [0.3, 0.4) is 0 Å². The Morgan fingerprint density at radius 3 is 2.68 bits per heavy atom. The van der Waals surface area contributed by atoms with E-state index in [2.05, 4.69) is 0 Å². The average molecular weight is 351 g/mol. The minimum absolute atomic E-state index is 0.295. The van der Waals surface area contributed by atoms with Gasteiger partial charge in [0.25, 0.3) is 0 Å². The maximum Gasteiger partial charge on any atom is 0.335 e. The van der Waals surface area contributed by atoms with Gasteiger partial charge in [0, 0.05) is 26.0 Å². The molecule has 0 spiro atoms. The van der Waals surface area contributed by atoms with Crippen LogP contribution in [0.15, 0.2) is 36.4 Å². The number of carboxylic acids is 1. The van der Waals surface area contributed by atoms with Gasteiger partial charge in [0.1, 0.15) is 0 Å². The van der Waals surface area contributed by atoms with Crippen LogP contribution in [-0.2, 0) is 6.42 Å². The predicted octanol–water partition coefficient (Wildman–Crippen LogP) is 5.81. The molecule has 0 atom stereocenters. The van der Waals surface area contributed by atoms with E-state index in [0.717, 1.165) is 26.1 Å². The molecule has 2 nitrogen and oxygen atoms in total. The second kappa shape index (κ2) is 5.92. The van der Waals surface area contributed by atoms with Gasteiger partial charge in [-0.25, -0.2) is 4.79 Å². The molecule has 1 N–H and O–H groups in total. The van der Waals surface area contributed by atoms with Gasteiger partial charge in [0.2, 0.25) is 0 Å². The number of aromatic carboxylic acids is 1. The van der Waals surface area contributed by atoms with Crippen LogP contribution in [0.2, 0.25) is 10.0 Å². The zero-order valence-corrected chi connectivity index (χ0v) is 14.0. The van der Waals surface area contributed by atoms with Crippen LogP contribution in [0, 0.1) is 6.92 Å². The molecule has 0 saturated heterocycles. The average Bonchev–Trinajstić information content (AvgIpc) is 2.78. The number of carbonyl (C=O) groups is 1. The highest BCUT2D eigenvalue weighted by atomic mass is 35.5. The number of hydrogen-bond acceptors (Lipinski definition) is 2. The zero-order valence-electron chi connectivity index (χ0n) is 11.7. The molecule has 3 rings (SSSR count). The lowest BCUT2D eigenvalue weighted by Crippen LogP contribution is -1.96. The number of halogens is 2. The standard InChI is InChI=1S/C17H12Cl2O2S/c1-9-13(8-11-6-12(18)3-4-15(11)19)14-7-10(17(20)21)2-5-16(14)22-9/h2-7H,8H2,1H3,(H,20,21). The van der Waals surface area contributed by atoms with Crippen LogP contribution < -0.4 is 0 Å². The van der Waals surface area contributed by atoms with Crippen LogP contribution in [-0.4, -0.2) is 11.1 Å². The summed E-state index contributed by atoms with van der Waals surface area (Å²) in [6, 6.07) is 10.6. The zero-order chi connectivity index (χ0) is 15.9. The number of benzene rings is 2. The predicted molar refractivity (Wildman–Crippen MR) is 92.8 cm³/mol. The Labute approximate surface area is 141 Å². The molecule has 0 bridgehead atoms. The third-order valence-corrected chi connectivity index (χ3v) is 5.35. The molecular formula is C17H12Cl2O2S. The molecule has 1 heterocycles. The lowest BCUT2D eigenvalue weighted by atomic mass is 10.0. The van der Waals surface area contributed by atoms with Crippen LogP contribution in [0.25, 0.3) is 10.1 Å². The van der Waals surface area contributed by atoms with Gasteiger partial charge in [-0.2, -0.15) is 0 Å².